The van der Waals surface area contributed by atoms with Gasteiger partial charge in [-0.2, -0.15) is 0 Å². The third-order valence-electron chi connectivity index (χ3n) is 12.0. The Bertz CT molecular complexity index is 913. The molecule has 36 heavy (non-hydrogen) atoms. The van der Waals surface area contributed by atoms with Crippen molar-refractivity contribution in [3.05, 3.63) is 11.6 Å². The Labute approximate surface area is 219 Å². The molecule has 1 heterocycles. The van der Waals surface area contributed by atoms with E-state index in [1.165, 1.54) is 52.0 Å². The van der Waals surface area contributed by atoms with Crippen molar-refractivity contribution in [2.75, 3.05) is 20.6 Å². The first-order valence-electron chi connectivity index (χ1n) is 14.9. The summed E-state index contributed by atoms with van der Waals surface area (Å²) in [4.78, 5) is 29.9. The average Bonchev–Trinajstić information content (AvgIpc) is 3.30. The molecule has 0 bridgehead atoms. The van der Waals surface area contributed by atoms with Crippen molar-refractivity contribution in [1.29, 1.82) is 0 Å². The number of likely N-dealkylation sites (tertiary alicyclic amines) is 1. The molecule has 9 unspecified atom stereocenters. The third-order valence-corrected chi connectivity index (χ3v) is 12.0. The fourth-order valence-electron chi connectivity index (χ4n) is 10.1. The third kappa shape index (κ3) is 4.07. The number of hydrogen-bond donors (Lipinski definition) is 1. The Kier molecular flexibility index (Phi) is 6.88. The van der Waals surface area contributed by atoms with Crippen molar-refractivity contribution in [3.8, 4) is 0 Å². The number of allylic oxidation sites excluding steroid dienone is 1. The van der Waals surface area contributed by atoms with Crippen LogP contribution < -0.4 is 5.32 Å². The first-order chi connectivity index (χ1) is 17.0. The monoisotopic (exact) mass is 497 g/mol. The van der Waals surface area contributed by atoms with Gasteiger partial charge in [-0.1, -0.05) is 32.4 Å². The molecule has 4 aliphatic carbocycles. The van der Waals surface area contributed by atoms with Crippen LogP contribution in [0.1, 0.15) is 92.4 Å². The molecule has 0 aromatic rings. The topological polar surface area (TPSA) is 52.7 Å². The van der Waals surface area contributed by atoms with E-state index in [-0.39, 0.29) is 17.9 Å². The van der Waals surface area contributed by atoms with Crippen molar-refractivity contribution in [1.82, 2.24) is 15.1 Å². The second-order valence-corrected chi connectivity index (χ2v) is 14.1. The summed E-state index contributed by atoms with van der Waals surface area (Å²) in [5, 5.41) is 2.93. The zero-order valence-electron chi connectivity index (χ0n) is 24.0. The van der Waals surface area contributed by atoms with Crippen LogP contribution in [0.15, 0.2) is 11.6 Å². The van der Waals surface area contributed by atoms with Gasteiger partial charge in [-0.3, -0.25) is 9.59 Å². The van der Waals surface area contributed by atoms with E-state index in [1.807, 2.05) is 11.9 Å². The minimum absolute atomic E-state index is 0.0814. The maximum absolute atomic E-state index is 13.5. The van der Waals surface area contributed by atoms with Gasteiger partial charge in [0, 0.05) is 32.6 Å². The van der Waals surface area contributed by atoms with Crippen molar-refractivity contribution >= 4 is 11.8 Å². The summed E-state index contributed by atoms with van der Waals surface area (Å²) >= 11 is 0. The van der Waals surface area contributed by atoms with Crippen LogP contribution in [0.25, 0.3) is 0 Å². The molecule has 9 atom stereocenters. The Hall–Kier alpha value is -1.36. The molecule has 4 fully saturated rings. The number of carbonyl (C=O) groups excluding carboxylic acids is 2. The summed E-state index contributed by atoms with van der Waals surface area (Å²) in [6.07, 6.45) is 13.5. The minimum atomic E-state index is -0.415. The number of nitrogens with one attached hydrogen (secondary N) is 1. The van der Waals surface area contributed by atoms with Gasteiger partial charge in [0.25, 0.3) is 0 Å². The van der Waals surface area contributed by atoms with Gasteiger partial charge in [0.15, 0.2) is 0 Å². The molecule has 1 spiro atoms. The lowest BCUT2D eigenvalue weighted by molar-refractivity contribution is -0.138. The van der Waals surface area contributed by atoms with E-state index in [1.54, 1.807) is 5.57 Å². The standard InChI is InChI=1S/C31H51N3O2/c1-19(2)16-28(32-21(4)35)29(36)34(7)23-12-14-30(5)22(17-23)8-9-24-26(30)13-15-31-18-33(6)20(3)25(31)10-11-27(24)31/h8,19-20,23-28H,9-18H2,1-7H3,(H,32,35). The van der Waals surface area contributed by atoms with E-state index in [0.29, 0.717) is 23.2 Å². The quantitative estimate of drug-likeness (QED) is 0.527. The lowest BCUT2D eigenvalue weighted by atomic mass is 9.47. The van der Waals surface area contributed by atoms with Crippen molar-refractivity contribution in [3.63, 3.8) is 0 Å². The highest BCUT2D eigenvalue weighted by Gasteiger charge is 2.64. The SMILES string of the molecule is CC(=O)NC(CC(C)C)C(=O)N(C)C1CCC2(C)C(=CCC3C2CCC24CN(C)C(C)C2CCC34)C1. The smallest absolute Gasteiger partial charge is 0.245 e. The number of likely N-dealkylation sites (N-methyl/N-ethyl adjacent to an activating group) is 1. The highest BCUT2D eigenvalue weighted by atomic mass is 16.2. The van der Waals surface area contributed by atoms with Crippen LogP contribution in [0, 0.1) is 40.4 Å². The summed E-state index contributed by atoms with van der Waals surface area (Å²) in [6.45, 7) is 12.1. The van der Waals surface area contributed by atoms with E-state index >= 15 is 0 Å². The summed E-state index contributed by atoms with van der Waals surface area (Å²) in [7, 11) is 4.33. The van der Waals surface area contributed by atoms with Crippen molar-refractivity contribution < 1.29 is 9.59 Å². The van der Waals surface area contributed by atoms with Gasteiger partial charge in [0.1, 0.15) is 6.04 Å². The van der Waals surface area contributed by atoms with E-state index < -0.39 is 6.04 Å². The predicted octanol–water partition coefficient (Wildman–Crippen LogP) is 5.26. The molecule has 1 N–H and O–H groups in total. The fourth-order valence-corrected chi connectivity index (χ4v) is 10.1. The molecule has 5 heteroatoms. The number of rotatable bonds is 5. The first-order valence-corrected chi connectivity index (χ1v) is 14.9. The Morgan fingerprint density at radius 2 is 1.86 bits per heavy atom. The number of nitrogens with zero attached hydrogens (tertiary/aromatic N) is 2. The average molecular weight is 498 g/mol. The highest BCUT2D eigenvalue weighted by molar-refractivity contribution is 5.87. The predicted molar refractivity (Wildman–Crippen MR) is 145 cm³/mol. The molecule has 1 aliphatic heterocycles. The molecular weight excluding hydrogens is 446 g/mol. The van der Waals surface area contributed by atoms with Gasteiger partial charge in [-0.25, -0.2) is 0 Å². The lowest BCUT2D eigenvalue weighted by Crippen LogP contribution is -2.54. The minimum Gasteiger partial charge on any atom is -0.345 e. The summed E-state index contributed by atoms with van der Waals surface area (Å²) in [6, 6.07) is 0.576. The molecule has 5 aliphatic rings. The fraction of sp³-hybridized carbons (Fsp3) is 0.871. The molecule has 0 aromatic carbocycles. The van der Waals surface area contributed by atoms with E-state index in [9.17, 15) is 9.59 Å². The van der Waals surface area contributed by atoms with Gasteiger partial charge in [0.05, 0.1) is 0 Å². The van der Waals surface area contributed by atoms with Gasteiger partial charge in [-0.05, 0) is 112 Å². The van der Waals surface area contributed by atoms with Gasteiger partial charge >= 0.3 is 0 Å². The van der Waals surface area contributed by atoms with Crippen LogP contribution in [0.2, 0.25) is 0 Å². The van der Waals surface area contributed by atoms with Crippen LogP contribution in [0.5, 0.6) is 0 Å². The molecule has 202 valence electrons. The molecular formula is C31H51N3O2. The van der Waals surface area contributed by atoms with Crippen molar-refractivity contribution in [2.24, 2.45) is 40.4 Å². The van der Waals surface area contributed by atoms with Crippen LogP contribution in [0.3, 0.4) is 0 Å². The van der Waals surface area contributed by atoms with E-state index in [2.05, 4.69) is 51.0 Å². The van der Waals surface area contributed by atoms with Crippen LogP contribution in [-0.2, 0) is 9.59 Å². The zero-order valence-corrected chi connectivity index (χ0v) is 24.0. The molecule has 5 nitrogen and oxygen atoms in total. The first kappa shape index (κ1) is 26.3. The normalized spacial score (nSPS) is 42.6. The van der Waals surface area contributed by atoms with Gasteiger partial charge < -0.3 is 15.1 Å². The Morgan fingerprint density at radius 3 is 2.56 bits per heavy atom. The highest BCUT2D eigenvalue weighted by Crippen LogP contribution is 2.68. The second-order valence-electron chi connectivity index (χ2n) is 14.1. The van der Waals surface area contributed by atoms with Crippen LogP contribution in [-0.4, -0.2) is 60.4 Å². The molecule has 1 saturated heterocycles. The van der Waals surface area contributed by atoms with E-state index in [4.69, 9.17) is 0 Å². The number of amides is 2. The van der Waals surface area contributed by atoms with Crippen molar-refractivity contribution in [2.45, 2.75) is 111 Å². The van der Waals surface area contributed by atoms with E-state index in [0.717, 1.165) is 42.6 Å². The zero-order chi connectivity index (χ0) is 26.0. The number of carbonyl (C=O) groups is 2. The maximum atomic E-state index is 13.5. The number of fused-ring (bicyclic) bond motifs is 4. The van der Waals surface area contributed by atoms with Gasteiger partial charge in [-0.15, -0.1) is 0 Å². The summed E-state index contributed by atoms with van der Waals surface area (Å²) in [5.41, 5.74) is 2.51. The summed E-state index contributed by atoms with van der Waals surface area (Å²) < 4.78 is 0. The molecule has 3 saturated carbocycles. The summed E-state index contributed by atoms with van der Waals surface area (Å²) in [5.74, 6) is 3.79. The number of hydrogen-bond acceptors (Lipinski definition) is 3. The maximum Gasteiger partial charge on any atom is 0.245 e. The molecule has 0 aromatic heterocycles. The Balaban J connectivity index is 1.31. The molecule has 0 radical (unpaired) electrons. The molecule has 2 amide bonds. The largest absolute Gasteiger partial charge is 0.345 e. The van der Waals surface area contributed by atoms with Gasteiger partial charge in [0.2, 0.25) is 11.8 Å². The Morgan fingerprint density at radius 1 is 1.14 bits per heavy atom. The van der Waals surface area contributed by atoms with Crippen LogP contribution >= 0.6 is 0 Å². The van der Waals surface area contributed by atoms with Crippen LogP contribution in [0.4, 0.5) is 0 Å². The lowest BCUT2D eigenvalue weighted by Gasteiger charge is -2.58. The molecule has 5 rings (SSSR count). The second kappa shape index (κ2) is 9.43.